The number of aryl methyl sites for hydroxylation is 1. The summed E-state index contributed by atoms with van der Waals surface area (Å²) in [5.74, 6) is 0. The van der Waals surface area contributed by atoms with E-state index in [1.807, 2.05) is 13.1 Å². The second kappa shape index (κ2) is 2.51. The molecule has 62 valence electrons. The molecule has 1 fully saturated rings. The van der Waals surface area contributed by atoms with Crippen LogP contribution in [0.15, 0.2) is 11.2 Å². The van der Waals surface area contributed by atoms with Gasteiger partial charge < -0.3 is 0 Å². The lowest BCUT2D eigenvalue weighted by molar-refractivity contribution is 0.557. The van der Waals surface area contributed by atoms with Gasteiger partial charge in [-0.25, -0.2) is 9.78 Å². The molecule has 1 aromatic heterocycles. The number of hydrogen-bond acceptors (Lipinski definition) is 4. The summed E-state index contributed by atoms with van der Waals surface area (Å²) in [6.07, 6.45) is 5.37. The van der Waals surface area contributed by atoms with Crippen molar-refractivity contribution in [1.29, 1.82) is 0 Å². The summed E-state index contributed by atoms with van der Waals surface area (Å²) in [5, 5.41) is 1.03. The maximum absolute atomic E-state index is 10.1. The quantitative estimate of drug-likeness (QED) is 0.514. The molecule has 0 amide bonds. The first-order valence-electron chi connectivity index (χ1n) is 3.79. The zero-order chi connectivity index (χ0) is 8.60. The van der Waals surface area contributed by atoms with Gasteiger partial charge in [0.05, 0.1) is 9.88 Å². The highest BCUT2D eigenvalue weighted by atomic mass is 32.1. The van der Waals surface area contributed by atoms with Crippen molar-refractivity contribution in [1.82, 2.24) is 4.98 Å². The second-order valence-electron chi connectivity index (χ2n) is 2.98. The van der Waals surface area contributed by atoms with Crippen LogP contribution in [0.1, 0.15) is 22.7 Å². The highest BCUT2D eigenvalue weighted by Gasteiger charge is 2.46. The predicted molar refractivity (Wildman–Crippen MR) is 45.9 cm³/mol. The Labute approximate surface area is 74.2 Å². The summed E-state index contributed by atoms with van der Waals surface area (Å²) in [5.41, 5.74) is -0.228. The molecule has 0 saturated heterocycles. The lowest BCUT2D eigenvalue weighted by atomic mass is 10.2. The van der Waals surface area contributed by atoms with Crippen molar-refractivity contribution in [3.63, 3.8) is 0 Å². The lowest BCUT2D eigenvalue weighted by Gasteiger charge is -2.00. The normalized spacial score (nSPS) is 18.4. The smallest absolute Gasteiger partial charge is 0.235 e. The fourth-order valence-electron chi connectivity index (χ4n) is 1.20. The maximum Gasteiger partial charge on any atom is 0.235 e. The standard InChI is InChI=1S/C8H8N2OS/c1-6-9-4-7(12-6)8(2-3-8)10-5-11/h4H,2-3H2,1H3. The van der Waals surface area contributed by atoms with Gasteiger partial charge in [0.2, 0.25) is 6.08 Å². The Morgan fingerprint density at radius 3 is 2.92 bits per heavy atom. The fourth-order valence-corrected chi connectivity index (χ4v) is 2.16. The fraction of sp³-hybridized carbons (Fsp3) is 0.500. The van der Waals surface area contributed by atoms with Crippen molar-refractivity contribution in [2.45, 2.75) is 25.3 Å². The first-order valence-corrected chi connectivity index (χ1v) is 4.60. The van der Waals surface area contributed by atoms with E-state index in [1.165, 1.54) is 0 Å². The number of thiazole rings is 1. The summed E-state index contributed by atoms with van der Waals surface area (Å²) in [7, 11) is 0. The van der Waals surface area contributed by atoms with E-state index in [4.69, 9.17) is 0 Å². The molecule has 0 aromatic carbocycles. The number of isocyanates is 1. The van der Waals surface area contributed by atoms with Crippen LogP contribution in [0.5, 0.6) is 0 Å². The van der Waals surface area contributed by atoms with E-state index in [2.05, 4.69) is 9.98 Å². The Bertz CT molecular complexity index is 348. The van der Waals surface area contributed by atoms with Crippen molar-refractivity contribution in [2.75, 3.05) is 0 Å². The molecule has 0 spiro atoms. The van der Waals surface area contributed by atoms with Gasteiger partial charge in [0.1, 0.15) is 5.54 Å². The van der Waals surface area contributed by atoms with Gasteiger partial charge in [0.25, 0.3) is 0 Å². The van der Waals surface area contributed by atoms with Crippen molar-refractivity contribution >= 4 is 17.4 Å². The molecule has 1 heterocycles. The van der Waals surface area contributed by atoms with Crippen LogP contribution >= 0.6 is 11.3 Å². The molecule has 0 bridgehead atoms. The van der Waals surface area contributed by atoms with Crippen LogP contribution in [0.25, 0.3) is 0 Å². The maximum atomic E-state index is 10.1. The summed E-state index contributed by atoms with van der Waals surface area (Å²) < 4.78 is 0. The van der Waals surface area contributed by atoms with E-state index < -0.39 is 0 Å². The lowest BCUT2D eigenvalue weighted by Crippen LogP contribution is -1.97. The van der Waals surface area contributed by atoms with Crippen LogP contribution in [0.3, 0.4) is 0 Å². The van der Waals surface area contributed by atoms with Gasteiger partial charge in [0.15, 0.2) is 0 Å². The van der Waals surface area contributed by atoms with Crippen LogP contribution < -0.4 is 0 Å². The molecule has 1 aromatic rings. The van der Waals surface area contributed by atoms with Gasteiger partial charge in [-0.1, -0.05) is 0 Å². The van der Waals surface area contributed by atoms with Crippen LogP contribution in [-0.4, -0.2) is 11.1 Å². The molecule has 1 aliphatic carbocycles. The summed E-state index contributed by atoms with van der Waals surface area (Å²) in [4.78, 5) is 19.2. The van der Waals surface area contributed by atoms with E-state index >= 15 is 0 Å². The predicted octanol–water partition coefficient (Wildman–Crippen LogP) is 1.78. The van der Waals surface area contributed by atoms with Gasteiger partial charge in [-0.2, -0.15) is 4.99 Å². The third kappa shape index (κ3) is 1.09. The molecule has 4 heteroatoms. The van der Waals surface area contributed by atoms with Crippen LogP contribution in [0, 0.1) is 6.92 Å². The average Bonchev–Trinajstić information content (AvgIpc) is 2.69. The van der Waals surface area contributed by atoms with Crippen molar-refractivity contribution in [3.05, 3.63) is 16.1 Å². The highest BCUT2D eigenvalue weighted by Crippen LogP contribution is 2.50. The van der Waals surface area contributed by atoms with Crippen LogP contribution in [-0.2, 0) is 10.3 Å². The number of rotatable bonds is 2. The molecule has 3 nitrogen and oxygen atoms in total. The zero-order valence-corrected chi connectivity index (χ0v) is 7.52. The minimum absolute atomic E-state index is 0.228. The second-order valence-corrected chi connectivity index (χ2v) is 4.21. The molecular weight excluding hydrogens is 172 g/mol. The van der Waals surface area contributed by atoms with Crippen LogP contribution in [0.2, 0.25) is 0 Å². The Balaban J connectivity index is 2.36. The molecule has 0 radical (unpaired) electrons. The van der Waals surface area contributed by atoms with Crippen molar-refractivity contribution in [2.24, 2.45) is 4.99 Å². The Morgan fingerprint density at radius 1 is 1.75 bits per heavy atom. The minimum Gasteiger partial charge on any atom is -0.250 e. The molecule has 1 aliphatic rings. The van der Waals surface area contributed by atoms with E-state index in [0.29, 0.717) is 0 Å². The number of hydrogen-bond donors (Lipinski definition) is 0. The number of carbonyl (C=O) groups excluding carboxylic acids is 1. The van der Waals surface area contributed by atoms with Gasteiger partial charge in [-0.3, -0.25) is 0 Å². The van der Waals surface area contributed by atoms with Crippen molar-refractivity contribution in [3.8, 4) is 0 Å². The SMILES string of the molecule is Cc1ncc(C2(N=C=O)CC2)s1. The molecule has 0 atom stereocenters. The van der Waals surface area contributed by atoms with Gasteiger partial charge in [-0.15, -0.1) is 11.3 Å². The molecule has 0 unspecified atom stereocenters. The minimum atomic E-state index is -0.228. The zero-order valence-electron chi connectivity index (χ0n) is 6.70. The summed E-state index contributed by atoms with van der Waals surface area (Å²) in [6, 6.07) is 0. The van der Waals surface area contributed by atoms with Gasteiger partial charge in [0, 0.05) is 6.20 Å². The topological polar surface area (TPSA) is 42.3 Å². The van der Waals surface area contributed by atoms with E-state index in [9.17, 15) is 4.79 Å². The molecule has 0 N–H and O–H groups in total. The number of aliphatic imine (C=N–C) groups is 1. The Kier molecular flexibility index (Phi) is 1.60. The number of aromatic nitrogens is 1. The molecule has 0 aliphatic heterocycles. The summed E-state index contributed by atoms with van der Waals surface area (Å²) >= 11 is 1.61. The monoisotopic (exact) mass is 180 g/mol. The molecule has 2 rings (SSSR count). The first-order chi connectivity index (χ1) is 5.77. The van der Waals surface area contributed by atoms with Gasteiger partial charge in [-0.05, 0) is 19.8 Å². The van der Waals surface area contributed by atoms with Crippen LogP contribution in [0.4, 0.5) is 0 Å². The highest BCUT2D eigenvalue weighted by molar-refractivity contribution is 7.11. The molecule has 12 heavy (non-hydrogen) atoms. The third-order valence-corrected chi connectivity index (χ3v) is 3.17. The van der Waals surface area contributed by atoms with Crippen molar-refractivity contribution < 1.29 is 4.79 Å². The van der Waals surface area contributed by atoms with E-state index in [1.54, 1.807) is 17.4 Å². The Morgan fingerprint density at radius 2 is 2.50 bits per heavy atom. The first kappa shape index (κ1) is 7.65. The average molecular weight is 180 g/mol. The van der Waals surface area contributed by atoms with Gasteiger partial charge >= 0.3 is 0 Å². The van der Waals surface area contributed by atoms with E-state index in [-0.39, 0.29) is 5.54 Å². The largest absolute Gasteiger partial charge is 0.250 e. The van der Waals surface area contributed by atoms with E-state index in [0.717, 1.165) is 22.7 Å². The third-order valence-electron chi connectivity index (χ3n) is 2.06. The number of nitrogens with zero attached hydrogens (tertiary/aromatic N) is 2. The Hall–Kier alpha value is -0.990. The summed E-state index contributed by atoms with van der Waals surface area (Å²) in [6.45, 7) is 1.95. The molecular formula is C8H8N2OS. The molecule has 1 saturated carbocycles.